The lowest BCUT2D eigenvalue weighted by Crippen LogP contribution is -2.43. The van der Waals surface area contributed by atoms with E-state index in [-0.39, 0.29) is 11.4 Å². The third kappa shape index (κ3) is 2.11. The predicted octanol–water partition coefficient (Wildman–Crippen LogP) is 2.24. The van der Waals surface area contributed by atoms with Gasteiger partial charge in [0, 0.05) is 30.4 Å². The first kappa shape index (κ1) is 12.2. The molecule has 1 aliphatic rings. The lowest BCUT2D eigenvalue weighted by Gasteiger charge is -2.27. The highest BCUT2D eigenvalue weighted by Crippen LogP contribution is 2.29. The van der Waals surface area contributed by atoms with Crippen LogP contribution in [0.2, 0.25) is 0 Å². The molecular formula is C14H22N2O. The molecule has 0 aliphatic carbocycles. The predicted molar refractivity (Wildman–Crippen MR) is 69.0 cm³/mol. The summed E-state index contributed by atoms with van der Waals surface area (Å²) in [6.45, 7) is 6.45. The Kier molecular flexibility index (Phi) is 3.02. The molecule has 3 heteroatoms. The topological polar surface area (TPSA) is 34.0 Å². The van der Waals surface area contributed by atoms with E-state index in [2.05, 4.69) is 43.8 Å². The standard InChI is InChI=1S/C14H22N2O/c1-5-14(7-6-13(17)15-14)9-12-8-10(2)16(4)11(12)3/h8H,5-7,9H2,1-4H3,(H,15,17). The number of amides is 1. The molecular weight excluding hydrogens is 212 g/mol. The van der Waals surface area contributed by atoms with Gasteiger partial charge in [-0.25, -0.2) is 0 Å². The highest BCUT2D eigenvalue weighted by Gasteiger charge is 2.36. The van der Waals surface area contributed by atoms with Gasteiger partial charge >= 0.3 is 0 Å². The van der Waals surface area contributed by atoms with Gasteiger partial charge in [-0.1, -0.05) is 6.92 Å². The SMILES string of the molecule is CCC1(Cc2cc(C)n(C)c2C)CCC(=O)N1. The molecule has 1 amide bonds. The largest absolute Gasteiger partial charge is 0.352 e. The van der Waals surface area contributed by atoms with Crippen LogP contribution >= 0.6 is 0 Å². The highest BCUT2D eigenvalue weighted by atomic mass is 16.2. The van der Waals surface area contributed by atoms with Crippen LogP contribution in [-0.2, 0) is 18.3 Å². The molecule has 1 saturated heterocycles. The summed E-state index contributed by atoms with van der Waals surface area (Å²) in [6.07, 6.45) is 3.61. The summed E-state index contributed by atoms with van der Waals surface area (Å²) in [5.74, 6) is 0.206. The van der Waals surface area contributed by atoms with E-state index >= 15 is 0 Å². The molecule has 0 saturated carbocycles. The molecule has 3 nitrogen and oxygen atoms in total. The van der Waals surface area contributed by atoms with Gasteiger partial charge in [0.2, 0.25) is 5.91 Å². The van der Waals surface area contributed by atoms with Crippen LogP contribution in [0.5, 0.6) is 0 Å². The fraction of sp³-hybridized carbons (Fsp3) is 0.643. The summed E-state index contributed by atoms with van der Waals surface area (Å²) in [6, 6.07) is 2.25. The van der Waals surface area contributed by atoms with Crippen molar-refractivity contribution in [3.8, 4) is 0 Å². The van der Waals surface area contributed by atoms with Crippen LogP contribution in [-0.4, -0.2) is 16.0 Å². The molecule has 1 aliphatic heterocycles. The Balaban J connectivity index is 2.24. The molecule has 17 heavy (non-hydrogen) atoms. The quantitative estimate of drug-likeness (QED) is 0.855. The summed E-state index contributed by atoms with van der Waals surface area (Å²) >= 11 is 0. The van der Waals surface area contributed by atoms with Crippen molar-refractivity contribution in [3.05, 3.63) is 23.0 Å². The monoisotopic (exact) mass is 234 g/mol. The number of aryl methyl sites for hydroxylation is 1. The van der Waals surface area contributed by atoms with Crippen molar-refractivity contribution in [2.75, 3.05) is 0 Å². The second-order valence-electron chi connectivity index (χ2n) is 5.31. The van der Waals surface area contributed by atoms with Gasteiger partial charge < -0.3 is 9.88 Å². The maximum absolute atomic E-state index is 11.4. The molecule has 0 radical (unpaired) electrons. The Morgan fingerprint density at radius 1 is 1.47 bits per heavy atom. The maximum atomic E-state index is 11.4. The molecule has 1 fully saturated rings. The van der Waals surface area contributed by atoms with Crippen molar-refractivity contribution in [2.45, 2.75) is 52.0 Å². The number of aromatic nitrogens is 1. The number of hydrogen-bond acceptors (Lipinski definition) is 1. The van der Waals surface area contributed by atoms with E-state index in [0.717, 1.165) is 19.3 Å². The Bertz CT molecular complexity index is 447. The minimum Gasteiger partial charge on any atom is -0.352 e. The van der Waals surface area contributed by atoms with E-state index in [1.54, 1.807) is 0 Å². The van der Waals surface area contributed by atoms with Crippen LogP contribution in [0, 0.1) is 13.8 Å². The molecule has 94 valence electrons. The van der Waals surface area contributed by atoms with E-state index in [9.17, 15) is 4.79 Å². The van der Waals surface area contributed by atoms with Crippen LogP contribution < -0.4 is 5.32 Å². The number of nitrogens with one attached hydrogen (secondary N) is 1. The number of hydrogen-bond donors (Lipinski definition) is 1. The van der Waals surface area contributed by atoms with Crippen molar-refractivity contribution >= 4 is 5.91 Å². The Morgan fingerprint density at radius 3 is 2.59 bits per heavy atom. The van der Waals surface area contributed by atoms with Gasteiger partial charge in [0.15, 0.2) is 0 Å². The molecule has 0 spiro atoms. The zero-order valence-corrected chi connectivity index (χ0v) is 11.3. The lowest BCUT2D eigenvalue weighted by atomic mass is 9.87. The fourth-order valence-corrected chi connectivity index (χ4v) is 2.77. The average molecular weight is 234 g/mol. The first-order chi connectivity index (χ1) is 7.97. The van der Waals surface area contributed by atoms with E-state index in [0.29, 0.717) is 6.42 Å². The van der Waals surface area contributed by atoms with Crippen molar-refractivity contribution in [1.82, 2.24) is 9.88 Å². The molecule has 1 aromatic heterocycles. The van der Waals surface area contributed by atoms with Gasteiger partial charge in [0.25, 0.3) is 0 Å². The third-order valence-corrected chi connectivity index (χ3v) is 4.32. The molecule has 0 bridgehead atoms. The number of rotatable bonds is 3. The molecule has 1 unspecified atom stereocenters. The summed E-state index contributed by atoms with van der Waals surface area (Å²) < 4.78 is 2.22. The Hall–Kier alpha value is -1.25. The Morgan fingerprint density at radius 2 is 2.18 bits per heavy atom. The molecule has 1 atom stereocenters. The van der Waals surface area contributed by atoms with Gasteiger partial charge in [-0.15, -0.1) is 0 Å². The molecule has 0 aromatic carbocycles. The third-order valence-electron chi connectivity index (χ3n) is 4.32. The first-order valence-corrected chi connectivity index (χ1v) is 6.40. The van der Waals surface area contributed by atoms with Crippen LogP contribution in [0.4, 0.5) is 0 Å². The highest BCUT2D eigenvalue weighted by molar-refractivity contribution is 5.79. The van der Waals surface area contributed by atoms with Crippen molar-refractivity contribution in [3.63, 3.8) is 0 Å². The van der Waals surface area contributed by atoms with Crippen molar-refractivity contribution < 1.29 is 4.79 Å². The first-order valence-electron chi connectivity index (χ1n) is 6.40. The van der Waals surface area contributed by atoms with E-state index < -0.39 is 0 Å². The summed E-state index contributed by atoms with van der Waals surface area (Å²) in [4.78, 5) is 11.4. The van der Waals surface area contributed by atoms with Crippen LogP contribution in [0.3, 0.4) is 0 Å². The van der Waals surface area contributed by atoms with Gasteiger partial charge in [0.05, 0.1) is 0 Å². The van der Waals surface area contributed by atoms with E-state index in [1.165, 1.54) is 17.0 Å². The second kappa shape index (κ2) is 4.21. The number of carbonyl (C=O) groups excluding carboxylic acids is 1. The lowest BCUT2D eigenvalue weighted by molar-refractivity contribution is -0.119. The van der Waals surface area contributed by atoms with Crippen LogP contribution in [0.15, 0.2) is 6.07 Å². The fourth-order valence-electron chi connectivity index (χ4n) is 2.77. The van der Waals surface area contributed by atoms with Gasteiger partial charge in [-0.3, -0.25) is 4.79 Å². The second-order valence-corrected chi connectivity index (χ2v) is 5.31. The summed E-state index contributed by atoms with van der Waals surface area (Å²) in [5.41, 5.74) is 3.97. The van der Waals surface area contributed by atoms with E-state index in [4.69, 9.17) is 0 Å². The van der Waals surface area contributed by atoms with E-state index in [1.807, 2.05) is 0 Å². The molecule has 2 rings (SSSR count). The average Bonchev–Trinajstić information content (AvgIpc) is 2.77. The summed E-state index contributed by atoms with van der Waals surface area (Å²) in [7, 11) is 2.10. The van der Waals surface area contributed by atoms with Gasteiger partial charge in [-0.2, -0.15) is 0 Å². The zero-order chi connectivity index (χ0) is 12.6. The Labute approximate surface area is 103 Å². The normalized spacial score (nSPS) is 24.1. The molecule has 1 N–H and O–H groups in total. The number of nitrogens with zero attached hydrogens (tertiary/aromatic N) is 1. The summed E-state index contributed by atoms with van der Waals surface area (Å²) in [5, 5.41) is 3.17. The van der Waals surface area contributed by atoms with Crippen LogP contribution in [0.25, 0.3) is 0 Å². The van der Waals surface area contributed by atoms with Crippen LogP contribution in [0.1, 0.15) is 43.1 Å². The van der Waals surface area contributed by atoms with Crippen molar-refractivity contribution in [1.29, 1.82) is 0 Å². The molecule has 2 heterocycles. The number of carbonyl (C=O) groups is 1. The maximum Gasteiger partial charge on any atom is 0.220 e. The van der Waals surface area contributed by atoms with Crippen molar-refractivity contribution in [2.24, 2.45) is 7.05 Å². The van der Waals surface area contributed by atoms with Gasteiger partial charge in [-0.05, 0) is 44.7 Å². The van der Waals surface area contributed by atoms with Gasteiger partial charge in [0.1, 0.15) is 0 Å². The minimum atomic E-state index is -0.00433. The molecule has 1 aromatic rings. The zero-order valence-electron chi connectivity index (χ0n) is 11.3. The minimum absolute atomic E-state index is 0.00433. The smallest absolute Gasteiger partial charge is 0.220 e.